The fourth-order valence-corrected chi connectivity index (χ4v) is 2.67. The van der Waals surface area contributed by atoms with E-state index in [1.807, 2.05) is 42.5 Å². The van der Waals surface area contributed by atoms with E-state index in [2.05, 4.69) is 21.2 Å². The second-order valence-corrected chi connectivity index (χ2v) is 5.56. The predicted molar refractivity (Wildman–Crippen MR) is 85.3 cm³/mol. The lowest BCUT2D eigenvalue weighted by atomic mass is 10.1. The molecule has 106 valence electrons. The molecule has 0 atom stereocenters. The van der Waals surface area contributed by atoms with Gasteiger partial charge in [-0.25, -0.2) is 8.78 Å². The molecular formula is C17H12BrF2N. The topological polar surface area (TPSA) is 12.0 Å². The second kappa shape index (κ2) is 5.82. The van der Waals surface area contributed by atoms with Crippen molar-refractivity contribution in [3.8, 4) is 0 Å². The molecule has 3 aromatic rings. The fourth-order valence-electron chi connectivity index (χ4n) is 2.29. The molecule has 0 aliphatic heterocycles. The zero-order chi connectivity index (χ0) is 14.8. The van der Waals surface area contributed by atoms with Crippen LogP contribution in [-0.4, -0.2) is 0 Å². The van der Waals surface area contributed by atoms with Crippen molar-refractivity contribution in [2.75, 3.05) is 5.32 Å². The van der Waals surface area contributed by atoms with Crippen LogP contribution in [0.4, 0.5) is 14.5 Å². The molecule has 0 radical (unpaired) electrons. The maximum Gasteiger partial charge on any atom is 0.145 e. The minimum atomic E-state index is -0.567. The summed E-state index contributed by atoms with van der Waals surface area (Å²) in [4.78, 5) is 0. The van der Waals surface area contributed by atoms with E-state index in [-0.39, 0.29) is 16.6 Å². The van der Waals surface area contributed by atoms with E-state index in [1.54, 1.807) is 0 Å². The summed E-state index contributed by atoms with van der Waals surface area (Å²) < 4.78 is 28.0. The van der Waals surface area contributed by atoms with Crippen molar-refractivity contribution in [2.24, 2.45) is 0 Å². The molecule has 3 aromatic carbocycles. The summed E-state index contributed by atoms with van der Waals surface area (Å²) in [5.74, 6) is -1.12. The normalized spacial score (nSPS) is 10.8. The van der Waals surface area contributed by atoms with Crippen LogP contribution in [-0.2, 0) is 6.54 Å². The summed E-state index contributed by atoms with van der Waals surface area (Å²) in [6.07, 6.45) is 0. The lowest BCUT2D eigenvalue weighted by molar-refractivity contribution is 0.556. The number of anilines is 1. The maximum atomic E-state index is 14.0. The van der Waals surface area contributed by atoms with E-state index in [9.17, 15) is 8.78 Å². The third-order valence-corrected chi connectivity index (χ3v) is 4.00. The van der Waals surface area contributed by atoms with Crippen molar-refractivity contribution in [1.29, 1.82) is 0 Å². The number of fused-ring (bicyclic) bond motifs is 1. The van der Waals surface area contributed by atoms with Gasteiger partial charge in [-0.05, 0) is 39.5 Å². The first-order valence-corrected chi connectivity index (χ1v) is 7.30. The molecule has 0 spiro atoms. The van der Waals surface area contributed by atoms with Crippen LogP contribution in [0.3, 0.4) is 0 Å². The van der Waals surface area contributed by atoms with Crippen molar-refractivity contribution < 1.29 is 8.78 Å². The summed E-state index contributed by atoms with van der Waals surface area (Å²) in [5.41, 5.74) is 0.879. The monoisotopic (exact) mass is 347 g/mol. The first-order valence-electron chi connectivity index (χ1n) is 6.51. The number of nitrogens with one attached hydrogen (secondary N) is 1. The van der Waals surface area contributed by atoms with Gasteiger partial charge in [-0.2, -0.15) is 0 Å². The fraction of sp³-hybridized carbons (Fsp3) is 0.0588. The van der Waals surface area contributed by atoms with Gasteiger partial charge in [0, 0.05) is 23.2 Å². The first kappa shape index (κ1) is 14.0. The van der Waals surface area contributed by atoms with Crippen LogP contribution < -0.4 is 5.32 Å². The average molecular weight is 348 g/mol. The van der Waals surface area contributed by atoms with Crippen LogP contribution in [0.25, 0.3) is 10.8 Å². The number of benzene rings is 3. The molecule has 0 unspecified atom stereocenters. The Morgan fingerprint density at radius 3 is 2.52 bits per heavy atom. The predicted octanol–water partition coefficient (Wildman–Crippen LogP) is 5.49. The summed E-state index contributed by atoms with van der Waals surface area (Å²) in [6, 6.07) is 16.3. The third-order valence-electron chi connectivity index (χ3n) is 3.38. The van der Waals surface area contributed by atoms with Gasteiger partial charge in [0.1, 0.15) is 11.6 Å². The van der Waals surface area contributed by atoms with Gasteiger partial charge < -0.3 is 5.32 Å². The van der Waals surface area contributed by atoms with Crippen molar-refractivity contribution >= 4 is 32.4 Å². The Labute approximate surface area is 129 Å². The van der Waals surface area contributed by atoms with Gasteiger partial charge in [0.15, 0.2) is 0 Å². The molecule has 0 aliphatic rings. The molecule has 0 aliphatic carbocycles. The number of rotatable bonds is 3. The molecule has 0 bridgehead atoms. The highest BCUT2D eigenvalue weighted by molar-refractivity contribution is 9.10. The van der Waals surface area contributed by atoms with E-state index in [4.69, 9.17) is 0 Å². The summed E-state index contributed by atoms with van der Waals surface area (Å²) in [7, 11) is 0. The molecule has 1 nitrogen and oxygen atoms in total. The van der Waals surface area contributed by atoms with E-state index >= 15 is 0 Å². The van der Waals surface area contributed by atoms with Gasteiger partial charge >= 0.3 is 0 Å². The summed E-state index contributed by atoms with van der Waals surface area (Å²) >= 11 is 3.08. The van der Waals surface area contributed by atoms with Crippen LogP contribution in [0.5, 0.6) is 0 Å². The van der Waals surface area contributed by atoms with Crippen molar-refractivity contribution in [2.45, 2.75) is 6.54 Å². The number of halogens is 3. The molecule has 21 heavy (non-hydrogen) atoms. The third kappa shape index (κ3) is 2.76. The highest BCUT2D eigenvalue weighted by Crippen LogP contribution is 2.26. The van der Waals surface area contributed by atoms with Crippen molar-refractivity contribution in [3.63, 3.8) is 0 Å². The Kier molecular flexibility index (Phi) is 3.88. The zero-order valence-electron chi connectivity index (χ0n) is 11.0. The van der Waals surface area contributed by atoms with Gasteiger partial charge in [0.25, 0.3) is 0 Å². The second-order valence-electron chi connectivity index (χ2n) is 4.70. The van der Waals surface area contributed by atoms with E-state index in [0.717, 1.165) is 16.5 Å². The minimum Gasteiger partial charge on any atom is -0.380 e. The zero-order valence-corrected chi connectivity index (χ0v) is 12.6. The Morgan fingerprint density at radius 1 is 0.905 bits per heavy atom. The van der Waals surface area contributed by atoms with Crippen molar-refractivity contribution in [3.05, 3.63) is 76.3 Å². The standard InChI is InChI=1S/C17H12BrF2N/c18-14-8-9-15(19)13(17(14)20)10-21-16-7-3-5-11-4-1-2-6-12(11)16/h1-9,21H,10H2. The van der Waals surface area contributed by atoms with Gasteiger partial charge in [-0.3, -0.25) is 0 Å². The maximum absolute atomic E-state index is 14.0. The van der Waals surface area contributed by atoms with Gasteiger partial charge in [-0.15, -0.1) is 0 Å². The molecular weight excluding hydrogens is 336 g/mol. The molecule has 4 heteroatoms. The lowest BCUT2D eigenvalue weighted by Gasteiger charge is -2.11. The molecule has 0 aromatic heterocycles. The highest BCUT2D eigenvalue weighted by atomic mass is 79.9. The smallest absolute Gasteiger partial charge is 0.145 e. The Morgan fingerprint density at radius 2 is 1.67 bits per heavy atom. The van der Waals surface area contributed by atoms with Crippen LogP contribution in [0.1, 0.15) is 5.56 Å². The average Bonchev–Trinajstić information content (AvgIpc) is 2.51. The minimum absolute atomic E-state index is 0.0253. The molecule has 0 saturated heterocycles. The first-order chi connectivity index (χ1) is 10.2. The van der Waals surface area contributed by atoms with E-state index < -0.39 is 11.6 Å². The van der Waals surface area contributed by atoms with Crippen LogP contribution >= 0.6 is 15.9 Å². The molecule has 0 saturated carbocycles. The summed E-state index contributed by atoms with van der Waals surface area (Å²) in [6.45, 7) is 0.0884. The Balaban J connectivity index is 1.93. The Bertz CT molecular complexity index is 797. The van der Waals surface area contributed by atoms with Crippen molar-refractivity contribution in [1.82, 2.24) is 0 Å². The number of hydrogen-bond acceptors (Lipinski definition) is 1. The molecule has 3 rings (SSSR count). The van der Waals surface area contributed by atoms with Crippen LogP contribution in [0, 0.1) is 11.6 Å². The highest BCUT2D eigenvalue weighted by Gasteiger charge is 2.12. The molecule has 0 amide bonds. The Hall–Kier alpha value is -1.94. The molecule has 0 heterocycles. The molecule has 1 N–H and O–H groups in total. The van der Waals surface area contributed by atoms with E-state index in [0.29, 0.717) is 0 Å². The number of hydrogen-bond donors (Lipinski definition) is 1. The SMILES string of the molecule is Fc1ccc(Br)c(F)c1CNc1cccc2ccccc12. The van der Waals surface area contributed by atoms with Gasteiger partial charge in [0.05, 0.1) is 4.47 Å². The molecule has 0 fully saturated rings. The van der Waals surface area contributed by atoms with E-state index in [1.165, 1.54) is 12.1 Å². The van der Waals surface area contributed by atoms with Crippen LogP contribution in [0.2, 0.25) is 0 Å². The van der Waals surface area contributed by atoms with Crippen LogP contribution in [0.15, 0.2) is 59.1 Å². The lowest BCUT2D eigenvalue weighted by Crippen LogP contribution is -2.05. The van der Waals surface area contributed by atoms with Gasteiger partial charge in [0.2, 0.25) is 0 Å². The van der Waals surface area contributed by atoms with Gasteiger partial charge in [-0.1, -0.05) is 36.4 Å². The summed E-state index contributed by atoms with van der Waals surface area (Å²) in [5, 5.41) is 5.22. The largest absolute Gasteiger partial charge is 0.380 e. The quantitative estimate of drug-likeness (QED) is 0.617.